The van der Waals surface area contributed by atoms with Gasteiger partial charge in [0.05, 0.1) is 18.4 Å². The molecule has 5 heteroatoms. The summed E-state index contributed by atoms with van der Waals surface area (Å²) < 4.78 is 6.24. The van der Waals surface area contributed by atoms with E-state index in [0.717, 1.165) is 0 Å². The van der Waals surface area contributed by atoms with Crippen molar-refractivity contribution < 1.29 is 9.53 Å². The minimum atomic E-state index is -0.517. The summed E-state index contributed by atoms with van der Waals surface area (Å²) in [6.07, 6.45) is 1.58. The number of carbonyl (C=O) groups excluding carboxylic acids is 1. The average Bonchev–Trinajstić information content (AvgIpc) is 2.19. The Hall–Kier alpha value is -1.78. The molecule has 1 rings (SSSR count). The molecule has 0 unspecified atom stereocenters. The van der Waals surface area contributed by atoms with Gasteiger partial charge in [0.2, 0.25) is 0 Å². The number of rotatable bonds is 2. The summed E-state index contributed by atoms with van der Waals surface area (Å²) in [5.74, 6) is -0.517. The molecule has 0 spiro atoms. The number of methoxy groups -OCH3 is 1. The maximum atomic E-state index is 11.3. The molecule has 0 aliphatic carbocycles. The highest BCUT2D eigenvalue weighted by atomic mass is 16.5. The Labute approximate surface area is 88.0 Å². The molecule has 1 aromatic heterocycles. The number of anilines is 1. The topological polar surface area (TPSA) is 81.1 Å². The van der Waals surface area contributed by atoms with Crippen molar-refractivity contribution in [2.75, 3.05) is 12.8 Å². The highest BCUT2D eigenvalue weighted by Gasteiger charge is 2.12. The molecule has 0 aliphatic heterocycles. The summed E-state index contributed by atoms with van der Waals surface area (Å²) >= 11 is 0. The minimum Gasteiger partial charge on any atom is -0.465 e. The zero-order valence-corrected chi connectivity index (χ0v) is 9.07. The van der Waals surface area contributed by atoms with Crippen LogP contribution in [0.1, 0.15) is 30.2 Å². The van der Waals surface area contributed by atoms with Crippen LogP contribution in [0, 0.1) is 5.41 Å². The number of esters is 1. The van der Waals surface area contributed by atoms with Crippen molar-refractivity contribution in [1.82, 2.24) is 4.57 Å². The molecule has 0 atom stereocenters. The Morgan fingerprint density at radius 2 is 2.20 bits per heavy atom. The van der Waals surface area contributed by atoms with Crippen molar-refractivity contribution in [3.8, 4) is 0 Å². The zero-order valence-electron chi connectivity index (χ0n) is 9.07. The molecule has 82 valence electrons. The molecule has 3 N–H and O–H groups in total. The van der Waals surface area contributed by atoms with Gasteiger partial charge in [-0.1, -0.05) is 0 Å². The van der Waals surface area contributed by atoms with Gasteiger partial charge in [-0.15, -0.1) is 0 Å². The van der Waals surface area contributed by atoms with Crippen LogP contribution in [0.5, 0.6) is 0 Å². The lowest BCUT2D eigenvalue weighted by atomic mass is 10.2. The first-order valence-corrected chi connectivity index (χ1v) is 4.62. The van der Waals surface area contributed by atoms with Crippen LogP contribution < -0.4 is 11.2 Å². The van der Waals surface area contributed by atoms with E-state index in [-0.39, 0.29) is 17.1 Å². The molecular formula is C10H15N3O2. The van der Waals surface area contributed by atoms with Gasteiger partial charge >= 0.3 is 5.97 Å². The Kier molecular flexibility index (Phi) is 3.14. The maximum Gasteiger partial charge on any atom is 0.340 e. The van der Waals surface area contributed by atoms with E-state index in [4.69, 9.17) is 11.1 Å². The third-order valence-corrected chi connectivity index (χ3v) is 2.11. The third kappa shape index (κ3) is 2.18. The molecular weight excluding hydrogens is 194 g/mol. The lowest BCUT2D eigenvalue weighted by molar-refractivity contribution is 0.0601. The monoisotopic (exact) mass is 209 g/mol. The smallest absolute Gasteiger partial charge is 0.340 e. The summed E-state index contributed by atoms with van der Waals surface area (Å²) in [7, 11) is 1.29. The fourth-order valence-electron chi connectivity index (χ4n) is 1.30. The van der Waals surface area contributed by atoms with E-state index in [1.54, 1.807) is 10.8 Å². The van der Waals surface area contributed by atoms with E-state index in [1.165, 1.54) is 13.2 Å². The fraction of sp³-hybridized carbons (Fsp3) is 0.400. The number of nitrogens with two attached hydrogens (primary N) is 1. The van der Waals surface area contributed by atoms with Crippen molar-refractivity contribution in [3.05, 3.63) is 23.3 Å². The van der Waals surface area contributed by atoms with Gasteiger partial charge in [-0.25, -0.2) is 4.79 Å². The van der Waals surface area contributed by atoms with Gasteiger partial charge < -0.3 is 15.0 Å². The van der Waals surface area contributed by atoms with Gasteiger partial charge in [-0.05, 0) is 19.9 Å². The van der Waals surface area contributed by atoms with Crippen molar-refractivity contribution in [3.63, 3.8) is 0 Å². The van der Waals surface area contributed by atoms with Crippen LogP contribution in [-0.2, 0) is 4.74 Å². The van der Waals surface area contributed by atoms with Crippen LogP contribution in [0.4, 0.5) is 5.69 Å². The molecule has 0 bridgehead atoms. The van der Waals surface area contributed by atoms with Crippen LogP contribution in [0.2, 0.25) is 0 Å². The quantitative estimate of drug-likeness (QED) is 0.710. The first-order chi connectivity index (χ1) is 6.97. The van der Waals surface area contributed by atoms with E-state index in [2.05, 4.69) is 4.74 Å². The summed E-state index contributed by atoms with van der Waals surface area (Å²) in [5, 5.41) is 7.71. The summed E-state index contributed by atoms with van der Waals surface area (Å²) in [5.41, 5.74) is 6.50. The lowest BCUT2D eigenvalue weighted by Crippen LogP contribution is -2.24. The SMILES string of the molecule is COC(=O)c1cc(=N)n(C(C)C)cc1N. The van der Waals surface area contributed by atoms with E-state index < -0.39 is 5.97 Å². The van der Waals surface area contributed by atoms with E-state index in [1.807, 2.05) is 13.8 Å². The molecule has 0 radical (unpaired) electrons. The molecule has 0 fully saturated rings. The average molecular weight is 209 g/mol. The molecule has 1 heterocycles. The Bertz CT molecular complexity index is 435. The number of hydrogen-bond donors (Lipinski definition) is 2. The number of aromatic nitrogens is 1. The Morgan fingerprint density at radius 3 is 2.67 bits per heavy atom. The van der Waals surface area contributed by atoms with Gasteiger partial charge in [0.1, 0.15) is 5.49 Å². The van der Waals surface area contributed by atoms with Gasteiger partial charge in [0, 0.05) is 12.2 Å². The predicted molar refractivity (Wildman–Crippen MR) is 56.4 cm³/mol. The Morgan fingerprint density at radius 1 is 1.60 bits per heavy atom. The normalized spacial score (nSPS) is 10.4. The van der Waals surface area contributed by atoms with E-state index >= 15 is 0 Å². The number of hydrogen-bond acceptors (Lipinski definition) is 4. The van der Waals surface area contributed by atoms with Crippen molar-refractivity contribution in [1.29, 1.82) is 5.41 Å². The molecule has 0 saturated carbocycles. The first-order valence-electron chi connectivity index (χ1n) is 4.62. The van der Waals surface area contributed by atoms with Crippen LogP contribution in [0.15, 0.2) is 12.3 Å². The molecule has 1 aromatic rings. The zero-order chi connectivity index (χ0) is 11.6. The summed E-state index contributed by atoms with van der Waals surface area (Å²) in [6, 6.07) is 1.55. The van der Waals surface area contributed by atoms with Crippen molar-refractivity contribution in [2.45, 2.75) is 19.9 Å². The predicted octanol–water partition coefficient (Wildman–Crippen LogP) is 0.917. The van der Waals surface area contributed by atoms with E-state index in [0.29, 0.717) is 5.69 Å². The number of pyridine rings is 1. The lowest BCUT2D eigenvalue weighted by Gasteiger charge is -2.13. The van der Waals surface area contributed by atoms with Gasteiger partial charge in [0.15, 0.2) is 0 Å². The highest BCUT2D eigenvalue weighted by molar-refractivity contribution is 5.94. The largest absolute Gasteiger partial charge is 0.465 e. The highest BCUT2D eigenvalue weighted by Crippen LogP contribution is 2.11. The molecule has 5 nitrogen and oxygen atoms in total. The Balaban J connectivity index is 3.32. The second kappa shape index (κ2) is 4.16. The number of carbonyl (C=O) groups is 1. The van der Waals surface area contributed by atoms with Gasteiger partial charge in [-0.3, -0.25) is 5.41 Å². The molecule has 15 heavy (non-hydrogen) atoms. The van der Waals surface area contributed by atoms with Crippen molar-refractivity contribution in [2.24, 2.45) is 0 Å². The molecule has 0 amide bonds. The van der Waals surface area contributed by atoms with Crippen LogP contribution in [0.3, 0.4) is 0 Å². The second-order valence-corrected chi connectivity index (χ2v) is 3.52. The third-order valence-electron chi connectivity index (χ3n) is 2.11. The van der Waals surface area contributed by atoms with Crippen LogP contribution in [-0.4, -0.2) is 17.6 Å². The number of nitrogens with zero attached hydrogens (tertiary/aromatic N) is 1. The number of nitrogen functional groups attached to an aromatic ring is 1. The van der Waals surface area contributed by atoms with E-state index in [9.17, 15) is 4.79 Å². The fourth-order valence-corrected chi connectivity index (χ4v) is 1.30. The number of ether oxygens (including phenoxy) is 1. The van der Waals surface area contributed by atoms with Crippen molar-refractivity contribution >= 4 is 11.7 Å². The standard InChI is InChI=1S/C10H15N3O2/c1-6(2)13-5-8(11)7(4-9(13)12)10(14)15-3/h4-6,12H,11H2,1-3H3. The van der Waals surface area contributed by atoms with Crippen LogP contribution >= 0.6 is 0 Å². The summed E-state index contributed by atoms with van der Waals surface area (Å²) in [6.45, 7) is 3.88. The van der Waals surface area contributed by atoms with Gasteiger partial charge in [0.25, 0.3) is 0 Å². The van der Waals surface area contributed by atoms with Crippen LogP contribution in [0.25, 0.3) is 0 Å². The minimum absolute atomic E-state index is 0.131. The molecule has 0 saturated heterocycles. The molecule has 0 aromatic carbocycles. The number of nitrogens with one attached hydrogen (secondary N) is 1. The van der Waals surface area contributed by atoms with Gasteiger partial charge in [-0.2, -0.15) is 0 Å². The maximum absolute atomic E-state index is 11.3. The summed E-state index contributed by atoms with van der Waals surface area (Å²) in [4.78, 5) is 11.3. The first kappa shape index (κ1) is 11.3. The second-order valence-electron chi connectivity index (χ2n) is 3.52. The molecule has 0 aliphatic rings.